The number of nitrogens with zero attached hydrogens (tertiary/aromatic N) is 1. The Hall–Kier alpha value is -1.93. The van der Waals surface area contributed by atoms with E-state index in [4.69, 9.17) is 0 Å². The molecule has 2 aromatic carbocycles. The Bertz CT molecular complexity index is 1450. The maximum atomic E-state index is 13.2. The van der Waals surface area contributed by atoms with Crippen molar-refractivity contribution in [1.82, 2.24) is 10.3 Å². The molecule has 6 nitrogen and oxygen atoms in total. The number of anilines is 1. The standard InChI is InChI=1S/C36H53N3O3S/c1-35-22-20-32-30(17-15-26-24-27(40)19-21-36(26,32)2)31(35)18-16-25(35)10-6-5-7-23-37-38-43(41,42)34-14-9-11-28-29(34)12-8-13-33(28)39(3)4/h8-9,11-15,25,27,30-32,37-38,40H,5-7,10,16-24H2,1-4H3/t25-,27-,30?,31?,32?,35+,36-/m0/s1. The zero-order chi connectivity index (χ0) is 30.4. The second kappa shape index (κ2) is 12.1. The molecular formula is C36H53N3O3S. The van der Waals surface area contributed by atoms with Gasteiger partial charge in [0.2, 0.25) is 0 Å². The van der Waals surface area contributed by atoms with Crippen LogP contribution in [0.3, 0.4) is 0 Å². The Kier molecular flexibility index (Phi) is 8.75. The molecule has 3 fully saturated rings. The predicted molar refractivity (Wildman–Crippen MR) is 176 cm³/mol. The predicted octanol–water partition coefficient (Wildman–Crippen LogP) is 7.19. The molecule has 3 N–H and O–H groups in total. The molecule has 0 bridgehead atoms. The van der Waals surface area contributed by atoms with E-state index in [1.54, 1.807) is 11.6 Å². The summed E-state index contributed by atoms with van der Waals surface area (Å²) in [6, 6.07) is 11.3. The highest BCUT2D eigenvalue weighted by molar-refractivity contribution is 7.89. The third-order valence-corrected chi connectivity index (χ3v) is 13.8. The van der Waals surface area contributed by atoms with E-state index in [1.807, 2.05) is 49.3 Å². The molecule has 7 heteroatoms. The average Bonchev–Trinajstić information content (AvgIpc) is 3.32. The number of hydrogen-bond donors (Lipinski definition) is 3. The Morgan fingerprint density at radius 3 is 2.53 bits per heavy atom. The summed E-state index contributed by atoms with van der Waals surface area (Å²) < 4.78 is 26.3. The summed E-state index contributed by atoms with van der Waals surface area (Å²) in [6.07, 6.45) is 16.7. The fourth-order valence-electron chi connectivity index (χ4n) is 10.1. The third kappa shape index (κ3) is 5.69. The molecule has 43 heavy (non-hydrogen) atoms. The van der Waals surface area contributed by atoms with Crippen molar-refractivity contribution in [2.24, 2.45) is 34.5 Å². The van der Waals surface area contributed by atoms with Crippen molar-refractivity contribution in [3.05, 3.63) is 48.0 Å². The maximum absolute atomic E-state index is 13.2. The van der Waals surface area contributed by atoms with E-state index < -0.39 is 10.0 Å². The van der Waals surface area contributed by atoms with Crippen molar-refractivity contribution in [2.45, 2.75) is 102 Å². The summed E-state index contributed by atoms with van der Waals surface area (Å²) in [4.78, 5) is 4.95. The fourth-order valence-corrected chi connectivity index (χ4v) is 11.2. The lowest BCUT2D eigenvalue weighted by atomic mass is 9.47. The Morgan fingerprint density at radius 1 is 0.930 bits per heavy atom. The smallest absolute Gasteiger partial charge is 0.253 e. The number of sulfonamides is 1. The van der Waals surface area contributed by atoms with Gasteiger partial charge < -0.3 is 10.0 Å². The highest BCUT2D eigenvalue weighted by atomic mass is 32.2. The summed E-state index contributed by atoms with van der Waals surface area (Å²) in [6.45, 7) is 5.76. The molecule has 0 saturated heterocycles. The summed E-state index contributed by atoms with van der Waals surface area (Å²) in [5, 5.41) is 12.0. The van der Waals surface area contributed by atoms with Gasteiger partial charge in [0.15, 0.2) is 0 Å². The van der Waals surface area contributed by atoms with Crippen LogP contribution in [0.2, 0.25) is 0 Å². The first-order valence-electron chi connectivity index (χ1n) is 16.9. The van der Waals surface area contributed by atoms with Crippen molar-refractivity contribution in [2.75, 3.05) is 25.5 Å². The van der Waals surface area contributed by atoms with Crippen LogP contribution in [0.1, 0.15) is 90.9 Å². The molecule has 236 valence electrons. The van der Waals surface area contributed by atoms with Gasteiger partial charge in [-0.2, -0.15) is 0 Å². The van der Waals surface area contributed by atoms with E-state index in [-0.39, 0.29) is 6.10 Å². The first-order valence-corrected chi connectivity index (χ1v) is 18.3. The van der Waals surface area contributed by atoms with Gasteiger partial charge in [0.25, 0.3) is 10.0 Å². The molecule has 0 aromatic heterocycles. The number of nitrogens with one attached hydrogen (secondary N) is 2. The third-order valence-electron chi connectivity index (χ3n) is 12.5. The number of aliphatic hydroxyl groups excluding tert-OH is 1. The largest absolute Gasteiger partial charge is 0.393 e. The van der Waals surface area contributed by atoms with Crippen molar-refractivity contribution in [1.29, 1.82) is 0 Å². The first kappa shape index (κ1) is 31.1. The number of hydrogen-bond acceptors (Lipinski definition) is 5. The second-order valence-electron chi connectivity index (χ2n) is 14.9. The van der Waals surface area contributed by atoms with Crippen molar-refractivity contribution in [3.8, 4) is 0 Å². The molecule has 0 heterocycles. The molecule has 0 spiro atoms. The Labute approximate surface area is 259 Å². The van der Waals surface area contributed by atoms with E-state index in [1.165, 1.54) is 44.9 Å². The van der Waals surface area contributed by atoms with Gasteiger partial charge in [0, 0.05) is 37.1 Å². The van der Waals surface area contributed by atoms with E-state index in [2.05, 4.69) is 30.2 Å². The van der Waals surface area contributed by atoms with Crippen LogP contribution in [0.15, 0.2) is 52.9 Å². The summed E-state index contributed by atoms with van der Waals surface area (Å²) in [5.74, 6) is 3.28. The van der Waals surface area contributed by atoms with E-state index in [0.717, 1.165) is 72.2 Å². The molecule has 3 unspecified atom stereocenters. The molecular weight excluding hydrogens is 554 g/mol. The Morgan fingerprint density at radius 2 is 1.72 bits per heavy atom. The van der Waals surface area contributed by atoms with Crippen LogP contribution in [0, 0.1) is 34.5 Å². The second-order valence-corrected chi connectivity index (χ2v) is 16.5. The summed E-state index contributed by atoms with van der Waals surface area (Å²) in [5.41, 5.74) is 6.35. The van der Waals surface area contributed by atoms with Gasteiger partial charge >= 0.3 is 0 Å². The Balaban J connectivity index is 0.978. The highest BCUT2D eigenvalue weighted by Crippen LogP contribution is 2.66. The van der Waals surface area contributed by atoms with Gasteiger partial charge in [0.05, 0.1) is 11.0 Å². The van der Waals surface area contributed by atoms with Crippen LogP contribution < -0.4 is 15.2 Å². The number of benzene rings is 2. The number of rotatable bonds is 10. The lowest BCUT2D eigenvalue weighted by Crippen LogP contribution is -2.50. The highest BCUT2D eigenvalue weighted by Gasteiger charge is 2.58. The molecule has 0 amide bonds. The molecule has 2 aromatic rings. The summed E-state index contributed by atoms with van der Waals surface area (Å²) >= 11 is 0. The zero-order valence-electron chi connectivity index (χ0n) is 26.7. The van der Waals surface area contributed by atoms with Crippen molar-refractivity contribution < 1.29 is 13.5 Å². The van der Waals surface area contributed by atoms with Gasteiger partial charge in [-0.25, -0.2) is 13.8 Å². The van der Waals surface area contributed by atoms with Crippen molar-refractivity contribution >= 4 is 26.5 Å². The number of fused-ring (bicyclic) bond motifs is 6. The molecule has 6 rings (SSSR count). The number of hydrazine groups is 1. The van der Waals surface area contributed by atoms with E-state index in [9.17, 15) is 13.5 Å². The minimum Gasteiger partial charge on any atom is -0.393 e. The molecule has 7 atom stereocenters. The van der Waals surface area contributed by atoms with Crippen LogP contribution in [0.5, 0.6) is 0 Å². The van der Waals surface area contributed by atoms with Gasteiger partial charge in [0.1, 0.15) is 0 Å². The average molecular weight is 608 g/mol. The zero-order valence-corrected chi connectivity index (χ0v) is 27.6. The van der Waals surface area contributed by atoms with Crippen molar-refractivity contribution in [3.63, 3.8) is 0 Å². The van der Waals surface area contributed by atoms with Gasteiger partial charge in [-0.15, -0.1) is 4.83 Å². The first-order chi connectivity index (χ1) is 20.5. The lowest BCUT2D eigenvalue weighted by molar-refractivity contribution is -0.0508. The van der Waals surface area contributed by atoms with Crippen LogP contribution in [0.4, 0.5) is 5.69 Å². The van der Waals surface area contributed by atoms with Gasteiger partial charge in [-0.1, -0.05) is 62.6 Å². The monoisotopic (exact) mass is 607 g/mol. The molecule has 4 aliphatic carbocycles. The van der Waals surface area contributed by atoms with Crippen LogP contribution in [0.25, 0.3) is 10.8 Å². The van der Waals surface area contributed by atoms with Gasteiger partial charge in [-0.3, -0.25) is 0 Å². The van der Waals surface area contributed by atoms with Crippen LogP contribution in [-0.4, -0.2) is 40.3 Å². The topological polar surface area (TPSA) is 81.7 Å². The van der Waals surface area contributed by atoms with E-state index >= 15 is 0 Å². The van der Waals surface area contributed by atoms with E-state index in [0.29, 0.717) is 22.3 Å². The number of unbranched alkanes of at least 4 members (excludes halogenated alkanes) is 2. The maximum Gasteiger partial charge on any atom is 0.253 e. The minimum absolute atomic E-state index is 0.128. The molecule has 4 aliphatic rings. The quantitative estimate of drug-likeness (QED) is 0.151. The van der Waals surface area contributed by atoms with Gasteiger partial charge in [-0.05, 0) is 111 Å². The minimum atomic E-state index is -3.68. The van der Waals surface area contributed by atoms with Crippen LogP contribution in [-0.2, 0) is 10.0 Å². The number of aliphatic hydroxyl groups is 1. The van der Waals surface area contributed by atoms with Crippen LogP contribution >= 0.6 is 0 Å². The molecule has 0 radical (unpaired) electrons. The normalized spacial score (nSPS) is 33.9. The summed E-state index contributed by atoms with van der Waals surface area (Å²) in [7, 11) is 0.265. The molecule has 0 aliphatic heterocycles. The fraction of sp³-hybridized carbons (Fsp3) is 0.667. The molecule has 3 saturated carbocycles. The SMILES string of the molecule is CN(C)c1cccc2c(S(=O)(=O)NNCCCCC[C@H]3CCC4C5CC=C6C[C@@H](O)CC[C@]6(C)C5CC[C@@]43C)cccc12. The lowest BCUT2D eigenvalue weighted by Gasteiger charge is -2.58. The number of allylic oxidation sites excluding steroid dienone is 1.